The summed E-state index contributed by atoms with van der Waals surface area (Å²) in [5.41, 5.74) is 2.57. The number of aromatic nitrogens is 5. The maximum Gasteiger partial charge on any atom is 0.141 e. The molecule has 0 aromatic carbocycles. The molecule has 0 bridgehead atoms. The van der Waals surface area contributed by atoms with Crippen LogP contribution in [-0.4, -0.2) is 24.7 Å². The molecule has 0 amide bonds. The van der Waals surface area contributed by atoms with Crippen LogP contribution in [0.4, 0.5) is 0 Å². The van der Waals surface area contributed by atoms with E-state index < -0.39 is 0 Å². The molecule has 1 unspecified atom stereocenters. The van der Waals surface area contributed by atoms with Gasteiger partial charge in [0.1, 0.15) is 18.0 Å². The molecule has 0 radical (unpaired) electrons. The first-order chi connectivity index (χ1) is 10.4. The maximum absolute atomic E-state index is 9.39. The molecule has 1 N–H and O–H groups in total. The van der Waals surface area contributed by atoms with Gasteiger partial charge < -0.3 is 4.98 Å². The third-order valence-corrected chi connectivity index (χ3v) is 4.24. The van der Waals surface area contributed by atoms with Crippen LogP contribution >= 0.6 is 0 Å². The fourth-order valence-electron chi connectivity index (χ4n) is 2.85. The molecular formula is C15H14N6. The Morgan fingerprint density at radius 3 is 3.05 bits per heavy atom. The van der Waals surface area contributed by atoms with Gasteiger partial charge in [-0.05, 0) is 24.8 Å². The standard InChI is InChI=1S/C15H14N6/c16-6-13(10-2-1-3-10)21-8-11(7-20-21)14-12-4-5-17-15(12)19-9-18-14/h4-5,7-10,13H,1-3H2,(H,17,18,19). The molecule has 1 atom stereocenters. The van der Waals surface area contributed by atoms with Gasteiger partial charge in [0.25, 0.3) is 0 Å². The molecule has 3 aromatic heterocycles. The summed E-state index contributed by atoms with van der Waals surface area (Å²) < 4.78 is 1.78. The smallest absolute Gasteiger partial charge is 0.141 e. The van der Waals surface area contributed by atoms with Crippen LogP contribution in [0.3, 0.4) is 0 Å². The molecule has 3 heterocycles. The van der Waals surface area contributed by atoms with Crippen molar-refractivity contribution in [1.82, 2.24) is 24.7 Å². The molecule has 21 heavy (non-hydrogen) atoms. The molecule has 4 rings (SSSR count). The van der Waals surface area contributed by atoms with Crippen molar-refractivity contribution in [2.75, 3.05) is 0 Å². The number of aromatic amines is 1. The average Bonchev–Trinajstić information content (AvgIpc) is 3.10. The highest BCUT2D eigenvalue weighted by atomic mass is 15.3. The molecule has 3 aromatic rings. The number of fused-ring (bicyclic) bond motifs is 1. The molecule has 1 fully saturated rings. The van der Waals surface area contributed by atoms with E-state index >= 15 is 0 Å². The van der Waals surface area contributed by atoms with Crippen LogP contribution < -0.4 is 0 Å². The maximum atomic E-state index is 9.39. The highest BCUT2D eigenvalue weighted by Gasteiger charge is 2.29. The monoisotopic (exact) mass is 278 g/mol. The van der Waals surface area contributed by atoms with Crippen molar-refractivity contribution in [2.45, 2.75) is 25.3 Å². The minimum atomic E-state index is -0.170. The Morgan fingerprint density at radius 2 is 2.29 bits per heavy atom. The Balaban J connectivity index is 1.74. The van der Waals surface area contributed by atoms with Crippen LogP contribution in [0, 0.1) is 17.2 Å². The summed E-state index contributed by atoms with van der Waals surface area (Å²) in [4.78, 5) is 11.6. The number of hydrogen-bond donors (Lipinski definition) is 1. The first kappa shape index (κ1) is 12.1. The Morgan fingerprint density at radius 1 is 1.38 bits per heavy atom. The lowest BCUT2D eigenvalue weighted by Gasteiger charge is -2.29. The van der Waals surface area contributed by atoms with Crippen LogP contribution in [0.1, 0.15) is 25.3 Å². The minimum absolute atomic E-state index is 0.170. The van der Waals surface area contributed by atoms with Crippen molar-refractivity contribution in [3.05, 3.63) is 31.0 Å². The predicted octanol–water partition coefficient (Wildman–Crippen LogP) is 2.69. The van der Waals surface area contributed by atoms with Crippen molar-refractivity contribution >= 4 is 11.0 Å². The van der Waals surface area contributed by atoms with E-state index in [1.807, 2.05) is 18.5 Å². The topological polar surface area (TPSA) is 83.2 Å². The molecule has 104 valence electrons. The van der Waals surface area contributed by atoms with E-state index in [1.54, 1.807) is 17.2 Å². The summed E-state index contributed by atoms with van der Waals surface area (Å²) in [5.74, 6) is 0.431. The first-order valence-electron chi connectivity index (χ1n) is 7.09. The fourth-order valence-corrected chi connectivity index (χ4v) is 2.85. The van der Waals surface area contributed by atoms with E-state index in [0.717, 1.165) is 35.1 Å². The number of nitrogens with zero attached hydrogens (tertiary/aromatic N) is 5. The molecule has 0 spiro atoms. The zero-order valence-electron chi connectivity index (χ0n) is 11.4. The van der Waals surface area contributed by atoms with Crippen LogP contribution in [0.25, 0.3) is 22.3 Å². The van der Waals surface area contributed by atoms with Gasteiger partial charge in [-0.2, -0.15) is 10.4 Å². The molecule has 0 saturated heterocycles. The van der Waals surface area contributed by atoms with Gasteiger partial charge in [0.05, 0.1) is 18.0 Å². The molecule has 1 aliphatic rings. The zero-order valence-corrected chi connectivity index (χ0v) is 11.4. The van der Waals surface area contributed by atoms with Gasteiger partial charge in [-0.25, -0.2) is 9.97 Å². The predicted molar refractivity (Wildman–Crippen MR) is 77.1 cm³/mol. The molecule has 6 nitrogen and oxygen atoms in total. The highest BCUT2D eigenvalue weighted by molar-refractivity contribution is 5.89. The van der Waals surface area contributed by atoms with Crippen molar-refractivity contribution < 1.29 is 0 Å². The Labute approximate surface area is 121 Å². The first-order valence-corrected chi connectivity index (χ1v) is 7.09. The number of nitrogens with one attached hydrogen (secondary N) is 1. The lowest BCUT2D eigenvalue weighted by atomic mass is 9.80. The Bertz CT molecular complexity index is 820. The molecule has 6 heteroatoms. The van der Waals surface area contributed by atoms with E-state index in [9.17, 15) is 5.26 Å². The highest BCUT2D eigenvalue weighted by Crippen LogP contribution is 2.36. The van der Waals surface area contributed by atoms with Crippen LogP contribution in [0.2, 0.25) is 0 Å². The second kappa shape index (κ2) is 4.70. The van der Waals surface area contributed by atoms with Gasteiger partial charge in [-0.1, -0.05) is 6.42 Å². The summed E-state index contributed by atoms with van der Waals surface area (Å²) in [6, 6.07) is 4.16. The Kier molecular flexibility index (Phi) is 2.71. The van der Waals surface area contributed by atoms with Crippen molar-refractivity contribution in [3.63, 3.8) is 0 Å². The molecule has 1 saturated carbocycles. The minimum Gasteiger partial charge on any atom is -0.346 e. The third-order valence-electron chi connectivity index (χ3n) is 4.24. The van der Waals surface area contributed by atoms with Crippen LogP contribution in [0.5, 0.6) is 0 Å². The van der Waals surface area contributed by atoms with E-state index in [2.05, 4.69) is 26.1 Å². The summed E-state index contributed by atoms with van der Waals surface area (Å²) in [6.07, 6.45) is 10.5. The Hall–Kier alpha value is -2.68. The van der Waals surface area contributed by atoms with Crippen molar-refractivity contribution in [2.24, 2.45) is 5.92 Å². The van der Waals surface area contributed by atoms with E-state index in [-0.39, 0.29) is 6.04 Å². The summed E-state index contributed by atoms with van der Waals surface area (Å²) in [6.45, 7) is 0. The SMILES string of the molecule is N#CC(C1CCC1)n1cc(-c2ncnc3[nH]ccc23)cn1. The number of hydrogen-bond acceptors (Lipinski definition) is 4. The van der Waals surface area contributed by atoms with Crippen molar-refractivity contribution in [1.29, 1.82) is 5.26 Å². The molecular weight excluding hydrogens is 264 g/mol. The molecule has 1 aliphatic carbocycles. The van der Waals surface area contributed by atoms with Gasteiger partial charge in [-0.15, -0.1) is 0 Å². The lowest BCUT2D eigenvalue weighted by molar-refractivity contribution is 0.236. The third kappa shape index (κ3) is 1.89. The second-order valence-corrected chi connectivity index (χ2v) is 5.44. The summed E-state index contributed by atoms with van der Waals surface area (Å²) >= 11 is 0. The fraction of sp³-hybridized carbons (Fsp3) is 0.333. The largest absolute Gasteiger partial charge is 0.346 e. The van der Waals surface area contributed by atoms with Gasteiger partial charge >= 0.3 is 0 Å². The normalized spacial score (nSPS) is 16.5. The van der Waals surface area contributed by atoms with Crippen LogP contribution in [0.15, 0.2) is 31.0 Å². The second-order valence-electron chi connectivity index (χ2n) is 5.44. The summed E-state index contributed by atoms with van der Waals surface area (Å²) in [5, 5.41) is 14.7. The van der Waals surface area contributed by atoms with Gasteiger partial charge in [0.2, 0.25) is 0 Å². The number of H-pyrrole nitrogens is 1. The summed E-state index contributed by atoms with van der Waals surface area (Å²) in [7, 11) is 0. The quantitative estimate of drug-likeness (QED) is 0.798. The number of rotatable bonds is 3. The van der Waals surface area contributed by atoms with E-state index in [4.69, 9.17) is 0 Å². The van der Waals surface area contributed by atoms with Gasteiger partial charge in [0, 0.05) is 23.3 Å². The average molecular weight is 278 g/mol. The molecule has 0 aliphatic heterocycles. The van der Waals surface area contributed by atoms with E-state index in [1.165, 1.54) is 6.42 Å². The van der Waals surface area contributed by atoms with E-state index in [0.29, 0.717) is 5.92 Å². The lowest BCUT2D eigenvalue weighted by Crippen LogP contribution is -2.24. The van der Waals surface area contributed by atoms with Gasteiger partial charge in [-0.3, -0.25) is 4.68 Å². The zero-order chi connectivity index (χ0) is 14.2. The van der Waals surface area contributed by atoms with Crippen LogP contribution in [-0.2, 0) is 0 Å². The van der Waals surface area contributed by atoms with Crippen molar-refractivity contribution in [3.8, 4) is 17.3 Å². The van der Waals surface area contributed by atoms with Gasteiger partial charge in [0.15, 0.2) is 0 Å². The number of nitriles is 1.